The predicted octanol–water partition coefficient (Wildman–Crippen LogP) is 3.11. The summed E-state index contributed by atoms with van der Waals surface area (Å²) in [5.74, 6) is 0.490. The lowest BCUT2D eigenvalue weighted by Crippen LogP contribution is -2.23. The maximum Gasteiger partial charge on any atom is 0.255 e. The molecular weight excluding hydrogens is 236 g/mol. The van der Waals surface area contributed by atoms with Crippen LogP contribution in [0.4, 0.5) is 5.69 Å². The summed E-state index contributed by atoms with van der Waals surface area (Å²) >= 11 is 5.95. The van der Waals surface area contributed by atoms with Crippen molar-refractivity contribution >= 4 is 23.2 Å². The third-order valence-corrected chi connectivity index (χ3v) is 2.55. The maximum absolute atomic E-state index is 12.0. The zero-order valence-corrected chi connectivity index (χ0v) is 11.5. The van der Waals surface area contributed by atoms with Crippen molar-refractivity contribution in [2.75, 3.05) is 26.0 Å². The van der Waals surface area contributed by atoms with Gasteiger partial charge in [-0.25, -0.2) is 0 Å². The van der Waals surface area contributed by atoms with Gasteiger partial charge in [0.25, 0.3) is 5.91 Å². The van der Waals surface area contributed by atoms with E-state index in [0.717, 1.165) is 12.2 Å². The van der Waals surface area contributed by atoms with Crippen LogP contribution in [0.5, 0.6) is 0 Å². The zero-order valence-electron chi connectivity index (χ0n) is 10.7. The van der Waals surface area contributed by atoms with E-state index < -0.39 is 0 Å². The third-order valence-electron chi connectivity index (χ3n) is 2.32. The van der Waals surface area contributed by atoms with Gasteiger partial charge in [-0.2, -0.15) is 0 Å². The van der Waals surface area contributed by atoms with Crippen molar-refractivity contribution < 1.29 is 4.79 Å². The van der Waals surface area contributed by atoms with E-state index in [1.165, 1.54) is 0 Å². The molecular formula is C13H19ClN2O. The summed E-state index contributed by atoms with van der Waals surface area (Å²) < 4.78 is 0. The minimum absolute atomic E-state index is 0.0204. The number of hydrogen-bond acceptors (Lipinski definition) is 2. The second kappa shape index (κ2) is 5.92. The number of amides is 1. The molecule has 1 rings (SSSR count). The Kier molecular flexibility index (Phi) is 4.82. The van der Waals surface area contributed by atoms with Gasteiger partial charge in [0, 0.05) is 31.4 Å². The molecule has 0 bridgehead atoms. The molecule has 0 aromatic heterocycles. The predicted molar refractivity (Wildman–Crippen MR) is 72.8 cm³/mol. The smallest absolute Gasteiger partial charge is 0.255 e. The molecule has 0 unspecified atom stereocenters. The van der Waals surface area contributed by atoms with Crippen LogP contribution in [0.15, 0.2) is 18.2 Å². The lowest BCUT2D eigenvalue weighted by atomic mass is 10.1. The largest absolute Gasteiger partial charge is 0.384 e. The molecule has 94 valence electrons. The minimum Gasteiger partial charge on any atom is -0.384 e. The van der Waals surface area contributed by atoms with Gasteiger partial charge in [0.1, 0.15) is 0 Å². The van der Waals surface area contributed by atoms with E-state index in [9.17, 15) is 4.79 Å². The molecule has 0 fully saturated rings. The Morgan fingerprint density at radius 1 is 1.41 bits per heavy atom. The van der Waals surface area contributed by atoms with Crippen molar-refractivity contribution in [3.63, 3.8) is 0 Å². The van der Waals surface area contributed by atoms with E-state index in [2.05, 4.69) is 19.2 Å². The van der Waals surface area contributed by atoms with E-state index in [-0.39, 0.29) is 5.91 Å². The van der Waals surface area contributed by atoms with Crippen LogP contribution in [0.25, 0.3) is 0 Å². The molecule has 0 radical (unpaired) electrons. The Labute approximate surface area is 108 Å². The molecule has 0 heterocycles. The molecule has 0 aliphatic heterocycles. The van der Waals surface area contributed by atoms with Crippen LogP contribution in [-0.2, 0) is 0 Å². The number of rotatable bonds is 4. The van der Waals surface area contributed by atoms with Crippen LogP contribution in [0, 0.1) is 5.92 Å². The second-order valence-corrected chi connectivity index (χ2v) is 5.10. The second-order valence-electron chi connectivity index (χ2n) is 4.66. The van der Waals surface area contributed by atoms with Gasteiger partial charge >= 0.3 is 0 Å². The Morgan fingerprint density at radius 3 is 2.59 bits per heavy atom. The standard InChI is InChI=1S/C13H19ClN2O/c1-9(2)8-15-12-7-10(14)5-6-11(12)13(17)16(3)4/h5-7,9,15H,8H2,1-4H3. The molecule has 0 spiro atoms. The Bertz CT molecular complexity index is 402. The minimum atomic E-state index is -0.0204. The van der Waals surface area contributed by atoms with Gasteiger partial charge in [0.15, 0.2) is 0 Å². The first-order chi connectivity index (χ1) is 7.91. The third kappa shape index (κ3) is 3.93. The van der Waals surface area contributed by atoms with Crippen LogP contribution < -0.4 is 5.32 Å². The van der Waals surface area contributed by atoms with Crippen LogP contribution in [0.3, 0.4) is 0 Å². The Hall–Kier alpha value is -1.22. The topological polar surface area (TPSA) is 32.3 Å². The van der Waals surface area contributed by atoms with Crippen molar-refractivity contribution in [2.24, 2.45) is 5.92 Å². The average molecular weight is 255 g/mol. The molecule has 1 amide bonds. The van der Waals surface area contributed by atoms with E-state index in [1.807, 2.05) is 0 Å². The molecule has 17 heavy (non-hydrogen) atoms. The average Bonchev–Trinajstić information content (AvgIpc) is 2.25. The van der Waals surface area contributed by atoms with Crippen molar-refractivity contribution in [2.45, 2.75) is 13.8 Å². The molecule has 1 N–H and O–H groups in total. The molecule has 0 saturated heterocycles. The zero-order chi connectivity index (χ0) is 13.0. The molecule has 3 nitrogen and oxygen atoms in total. The van der Waals surface area contributed by atoms with Gasteiger partial charge in [-0.3, -0.25) is 4.79 Å². The molecule has 0 aliphatic carbocycles. The fourth-order valence-corrected chi connectivity index (χ4v) is 1.58. The first-order valence-electron chi connectivity index (χ1n) is 5.67. The van der Waals surface area contributed by atoms with Gasteiger partial charge in [-0.15, -0.1) is 0 Å². The van der Waals surface area contributed by atoms with E-state index in [4.69, 9.17) is 11.6 Å². The van der Waals surface area contributed by atoms with Gasteiger partial charge in [0.2, 0.25) is 0 Å². The van der Waals surface area contributed by atoms with E-state index in [1.54, 1.807) is 37.2 Å². The SMILES string of the molecule is CC(C)CNc1cc(Cl)ccc1C(=O)N(C)C. The van der Waals surface area contributed by atoms with Crippen molar-refractivity contribution in [3.8, 4) is 0 Å². The summed E-state index contributed by atoms with van der Waals surface area (Å²) in [6.07, 6.45) is 0. The number of halogens is 1. The van der Waals surface area contributed by atoms with Gasteiger partial charge in [-0.1, -0.05) is 25.4 Å². The van der Waals surface area contributed by atoms with Crippen LogP contribution in [0.2, 0.25) is 5.02 Å². The highest BCUT2D eigenvalue weighted by Gasteiger charge is 2.13. The van der Waals surface area contributed by atoms with Crippen LogP contribution in [-0.4, -0.2) is 31.4 Å². The number of nitrogens with zero attached hydrogens (tertiary/aromatic N) is 1. The first-order valence-corrected chi connectivity index (χ1v) is 6.04. The summed E-state index contributed by atoms with van der Waals surface area (Å²) in [7, 11) is 3.48. The summed E-state index contributed by atoms with van der Waals surface area (Å²) in [5.41, 5.74) is 1.45. The van der Waals surface area contributed by atoms with Crippen molar-refractivity contribution in [1.29, 1.82) is 0 Å². The van der Waals surface area contributed by atoms with Crippen LogP contribution >= 0.6 is 11.6 Å². The fraction of sp³-hybridized carbons (Fsp3) is 0.462. The molecule has 1 aromatic carbocycles. The van der Waals surface area contributed by atoms with Gasteiger partial charge in [0.05, 0.1) is 5.56 Å². The molecule has 4 heteroatoms. The first kappa shape index (κ1) is 13.8. The van der Waals surface area contributed by atoms with Crippen LogP contribution in [0.1, 0.15) is 24.2 Å². The normalized spacial score (nSPS) is 10.5. The summed E-state index contributed by atoms with van der Waals surface area (Å²) in [6.45, 7) is 5.05. The summed E-state index contributed by atoms with van der Waals surface area (Å²) in [4.78, 5) is 13.5. The lowest BCUT2D eigenvalue weighted by molar-refractivity contribution is 0.0828. The fourth-order valence-electron chi connectivity index (χ4n) is 1.40. The molecule has 0 saturated carbocycles. The number of nitrogens with one attached hydrogen (secondary N) is 1. The van der Waals surface area contributed by atoms with Crippen molar-refractivity contribution in [3.05, 3.63) is 28.8 Å². The molecule has 0 atom stereocenters. The van der Waals surface area contributed by atoms with Gasteiger partial charge in [-0.05, 0) is 24.1 Å². The highest BCUT2D eigenvalue weighted by atomic mass is 35.5. The number of anilines is 1. The monoisotopic (exact) mass is 254 g/mol. The number of benzene rings is 1. The number of carbonyl (C=O) groups is 1. The van der Waals surface area contributed by atoms with E-state index >= 15 is 0 Å². The summed E-state index contributed by atoms with van der Waals surface area (Å²) in [6, 6.07) is 5.28. The quantitative estimate of drug-likeness (QED) is 0.896. The number of hydrogen-bond donors (Lipinski definition) is 1. The molecule has 1 aromatic rings. The molecule has 0 aliphatic rings. The Balaban J connectivity index is 2.99. The number of carbonyl (C=O) groups excluding carboxylic acids is 1. The van der Waals surface area contributed by atoms with E-state index in [0.29, 0.717) is 16.5 Å². The Morgan fingerprint density at radius 2 is 2.06 bits per heavy atom. The van der Waals surface area contributed by atoms with Crippen molar-refractivity contribution in [1.82, 2.24) is 4.90 Å². The summed E-state index contributed by atoms with van der Waals surface area (Å²) in [5, 5.41) is 3.89. The highest BCUT2D eigenvalue weighted by Crippen LogP contribution is 2.22. The van der Waals surface area contributed by atoms with Gasteiger partial charge < -0.3 is 10.2 Å². The maximum atomic E-state index is 12.0. The highest BCUT2D eigenvalue weighted by molar-refractivity contribution is 6.31. The lowest BCUT2D eigenvalue weighted by Gasteiger charge is -2.16.